The van der Waals surface area contributed by atoms with Crippen LogP contribution >= 0.6 is 0 Å². The first kappa shape index (κ1) is 20.0. The zero-order valence-corrected chi connectivity index (χ0v) is 15.5. The molecule has 1 saturated heterocycles. The Morgan fingerprint density at radius 3 is 2.47 bits per heavy atom. The van der Waals surface area contributed by atoms with Gasteiger partial charge in [-0.05, 0) is 24.3 Å². The average Bonchev–Trinajstić information content (AvgIpc) is 3.22. The zero-order valence-electron chi connectivity index (χ0n) is 15.5. The molecule has 0 spiro atoms. The van der Waals surface area contributed by atoms with Gasteiger partial charge in [0.15, 0.2) is 0 Å². The molecule has 0 unspecified atom stereocenters. The molecule has 10 heteroatoms. The number of benzene rings is 2. The monoisotopic (exact) mass is 420 g/mol. The van der Waals surface area contributed by atoms with Crippen LogP contribution in [-0.2, 0) is 11.3 Å². The Morgan fingerprint density at radius 1 is 1.17 bits per heavy atom. The van der Waals surface area contributed by atoms with Gasteiger partial charge in [-0.3, -0.25) is 4.79 Å². The standard InChI is InChI=1S/C20H16F4N4O2/c21-15-8-12(17-26-27-18(30-17)16(22)23)6-7-13(15)9-28(14-4-2-1-3-5-14)19(29)20(24)10-25-11-20/h1-8,16,25H,9-11H2. The number of carbonyl (C=O) groups is 1. The summed E-state index contributed by atoms with van der Waals surface area (Å²) >= 11 is 0. The average molecular weight is 420 g/mol. The van der Waals surface area contributed by atoms with E-state index in [1.807, 2.05) is 0 Å². The van der Waals surface area contributed by atoms with Gasteiger partial charge in [0, 0.05) is 29.9 Å². The lowest BCUT2D eigenvalue weighted by atomic mass is 9.96. The summed E-state index contributed by atoms with van der Waals surface area (Å²) in [6.07, 6.45) is -2.94. The number of aromatic nitrogens is 2. The molecule has 1 N–H and O–H groups in total. The predicted octanol–water partition coefficient (Wildman–Crippen LogP) is 3.66. The first-order valence-electron chi connectivity index (χ1n) is 9.04. The van der Waals surface area contributed by atoms with Gasteiger partial charge in [-0.15, -0.1) is 10.2 Å². The van der Waals surface area contributed by atoms with Gasteiger partial charge in [0.1, 0.15) is 5.82 Å². The van der Waals surface area contributed by atoms with Crippen LogP contribution in [0.15, 0.2) is 52.9 Å². The van der Waals surface area contributed by atoms with E-state index in [1.165, 1.54) is 17.0 Å². The summed E-state index contributed by atoms with van der Waals surface area (Å²) in [4.78, 5) is 14.0. The Bertz CT molecular complexity index is 1050. The van der Waals surface area contributed by atoms with Crippen molar-refractivity contribution in [1.29, 1.82) is 0 Å². The normalized spacial score (nSPS) is 15.1. The van der Waals surface area contributed by atoms with E-state index in [0.29, 0.717) is 5.69 Å². The number of nitrogens with zero attached hydrogens (tertiary/aromatic N) is 3. The molecule has 1 aliphatic heterocycles. The van der Waals surface area contributed by atoms with E-state index in [0.717, 1.165) is 6.07 Å². The molecule has 0 aliphatic carbocycles. The van der Waals surface area contributed by atoms with Crippen LogP contribution in [0.2, 0.25) is 0 Å². The second-order valence-corrected chi connectivity index (χ2v) is 6.85. The maximum atomic E-state index is 14.8. The molecule has 1 fully saturated rings. The van der Waals surface area contributed by atoms with Crippen molar-refractivity contribution in [1.82, 2.24) is 15.5 Å². The molecule has 2 aromatic carbocycles. The van der Waals surface area contributed by atoms with Crippen molar-refractivity contribution in [3.8, 4) is 11.5 Å². The SMILES string of the molecule is O=C(N(Cc1ccc(-c2nnc(C(F)F)o2)cc1F)c1ccccc1)C1(F)CNC1. The molecular formula is C20H16F4N4O2. The van der Waals surface area contributed by atoms with Crippen molar-refractivity contribution in [2.75, 3.05) is 18.0 Å². The highest BCUT2D eigenvalue weighted by Gasteiger charge is 2.47. The molecule has 0 atom stereocenters. The number of para-hydroxylation sites is 1. The summed E-state index contributed by atoms with van der Waals surface area (Å²) in [7, 11) is 0. The first-order valence-corrected chi connectivity index (χ1v) is 9.04. The molecule has 0 saturated carbocycles. The van der Waals surface area contributed by atoms with Crippen molar-refractivity contribution in [2.24, 2.45) is 0 Å². The summed E-state index contributed by atoms with van der Waals surface area (Å²) < 4.78 is 59.5. The lowest BCUT2D eigenvalue weighted by Crippen LogP contribution is -2.65. The molecule has 3 aromatic rings. The predicted molar refractivity (Wildman–Crippen MR) is 99.0 cm³/mol. The number of hydrogen-bond acceptors (Lipinski definition) is 5. The third kappa shape index (κ3) is 3.78. The first-order chi connectivity index (χ1) is 14.4. The van der Waals surface area contributed by atoms with Crippen LogP contribution in [0.1, 0.15) is 17.9 Å². The van der Waals surface area contributed by atoms with Gasteiger partial charge < -0.3 is 14.6 Å². The van der Waals surface area contributed by atoms with Gasteiger partial charge in [0.25, 0.3) is 11.8 Å². The molecular weight excluding hydrogens is 404 g/mol. The molecule has 0 radical (unpaired) electrons. The highest BCUT2D eigenvalue weighted by Crippen LogP contribution is 2.29. The molecule has 2 heterocycles. The van der Waals surface area contributed by atoms with E-state index < -0.39 is 29.7 Å². The number of rotatable bonds is 6. The van der Waals surface area contributed by atoms with E-state index in [2.05, 4.69) is 15.5 Å². The number of alkyl halides is 3. The third-order valence-electron chi connectivity index (χ3n) is 4.76. The molecule has 0 bridgehead atoms. The van der Waals surface area contributed by atoms with Gasteiger partial charge in [-0.25, -0.2) is 8.78 Å². The minimum absolute atomic E-state index is 0.110. The summed E-state index contributed by atoms with van der Waals surface area (Å²) in [5, 5.41) is 9.42. The van der Waals surface area contributed by atoms with E-state index in [-0.39, 0.29) is 36.7 Å². The van der Waals surface area contributed by atoms with Crippen molar-refractivity contribution in [2.45, 2.75) is 18.6 Å². The van der Waals surface area contributed by atoms with Crippen LogP contribution in [0.5, 0.6) is 0 Å². The topological polar surface area (TPSA) is 71.3 Å². The molecule has 4 rings (SSSR count). The lowest BCUT2D eigenvalue weighted by molar-refractivity contribution is -0.133. The Balaban J connectivity index is 1.62. The molecule has 156 valence electrons. The number of nitrogens with one attached hydrogen (secondary N) is 1. The van der Waals surface area contributed by atoms with E-state index in [4.69, 9.17) is 4.42 Å². The van der Waals surface area contributed by atoms with Crippen LogP contribution in [0.25, 0.3) is 11.5 Å². The Morgan fingerprint density at radius 2 is 1.90 bits per heavy atom. The van der Waals surface area contributed by atoms with Gasteiger partial charge in [0.05, 0.1) is 6.54 Å². The van der Waals surface area contributed by atoms with Crippen LogP contribution in [0, 0.1) is 5.82 Å². The summed E-state index contributed by atoms with van der Waals surface area (Å²) in [6.45, 7) is -0.437. The number of carbonyl (C=O) groups excluding carboxylic acids is 1. The van der Waals surface area contributed by atoms with Crippen molar-refractivity contribution < 1.29 is 26.8 Å². The minimum Gasteiger partial charge on any atom is -0.415 e. The van der Waals surface area contributed by atoms with Gasteiger partial charge >= 0.3 is 6.43 Å². The molecule has 6 nitrogen and oxygen atoms in total. The lowest BCUT2D eigenvalue weighted by Gasteiger charge is -2.37. The van der Waals surface area contributed by atoms with E-state index in [1.54, 1.807) is 30.3 Å². The van der Waals surface area contributed by atoms with Crippen molar-refractivity contribution >= 4 is 11.6 Å². The molecule has 1 aromatic heterocycles. The van der Waals surface area contributed by atoms with Crippen LogP contribution < -0.4 is 10.2 Å². The third-order valence-corrected chi connectivity index (χ3v) is 4.76. The molecule has 30 heavy (non-hydrogen) atoms. The highest BCUT2D eigenvalue weighted by molar-refractivity contribution is 6.00. The fourth-order valence-corrected chi connectivity index (χ4v) is 3.04. The quantitative estimate of drug-likeness (QED) is 0.617. The van der Waals surface area contributed by atoms with E-state index >= 15 is 0 Å². The van der Waals surface area contributed by atoms with Crippen LogP contribution in [0.4, 0.5) is 23.2 Å². The highest BCUT2D eigenvalue weighted by atomic mass is 19.3. The van der Waals surface area contributed by atoms with Crippen molar-refractivity contribution in [3.05, 3.63) is 65.8 Å². The van der Waals surface area contributed by atoms with Crippen LogP contribution in [0.3, 0.4) is 0 Å². The van der Waals surface area contributed by atoms with Crippen LogP contribution in [-0.4, -0.2) is 34.9 Å². The molecule has 1 aliphatic rings. The Labute approximate surface area is 168 Å². The van der Waals surface area contributed by atoms with Crippen molar-refractivity contribution in [3.63, 3.8) is 0 Å². The number of anilines is 1. The minimum atomic E-state index is -2.94. The second-order valence-electron chi connectivity index (χ2n) is 6.85. The summed E-state index contributed by atoms with van der Waals surface area (Å²) in [6, 6.07) is 12.2. The van der Waals surface area contributed by atoms with Gasteiger partial charge in [-0.1, -0.05) is 24.3 Å². The summed E-state index contributed by atoms with van der Waals surface area (Å²) in [5.41, 5.74) is -1.41. The maximum absolute atomic E-state index is 14.8. The van der Waals surface area contributed by atoms with Gasteiger partial charge in [-0.2, -0.15) is 8.78 Å². The fraction of sp³-hybridized carbons (Fsp3) is 0.250. The summed E-state index contributed by atoms with van der Waals surface area (Å²) in [5.74, 6) is -2.61. The Hall–Kier alpha value is -3.27. The molecule has 1 amide bonds. The Kier molecular flexibility index (Phi) is 5.25. The number of amides is 1. The fourth-order valence-electron chi connectivity index (χ4n) is 3.04. The van der Waals surface area contributed by atoms with Gasteiger partial charge in [0.2, 0.25) is 11.6 Å². The maximum Gasteiger partial charge on any atom is 0.314 e. The number of hydrogen-bond donors (Lipinski definition) is 1. The number of halogens is 4. The zero-order chi connectivity index (χ0) is 21.3. The largest absolute Gasteiger partial charge is 0.415 e. The van der Waals surface area contributed by atoms with E-state index in [9.17, 15) is 22.4 Å². The smallest absolute Gasteiger partial charge is 0.314 e. The second kappa shape index (κ2) is 7.86.